The minimum absolute atomic E-state index is 0.215. The number of carbonyl (C=O) groups is 2. The number of carbonyl (C=O) groups excluding carboxylic acids is 1. The fraction of sp³-hybridized carbons (Fsp3) is 0.545. The number of amides is 1. The highest BCUT2D eigenvalue weighted by Gasteiger charge is 2.56. The Labute approximate surface area is 166 Å². The summed E-state index contributed by atoms with van der Waals surface area (Å²) >= 11 is 0. The SMILES string of the molecule is CC(C)(C)OC(=O)N1CC=C(c2ccc(F)cc2)C(C)(C(=O)O)C1C(C)(C)C. The molecule has 0 bridgehead atoms. The van der Waals surface area contributed by atoms with Crippen molar-refractivity contribution in [2.24, 2.45) is 10.8 Å². The summed E-state index contributed by atoms with van der Waals surface area (Å²) in [4.78, 5) is 26.9. The van der Waals surface area contributed by atoms with Crippen LogP contribution in [0.2, 0.25) is 0 Å². The molecule has 1 aliphatic rings. The zero-order valence-corrected chi connectivity index (χ0v) is 17.7. The highest BCUT2D eigenvalue weighted by atomic mass is 19.1. The maximum atomic E-state index is 13.4. The molecule has 1 N–H and O–H groups in total. The Balaban J connectivity index is 2.64. The van der Waals surface area contributed by atoms with Gasteiger partial charge in [0.1, 0.15) is 16.8 Å². The number of aliphatic carboxylic acids is 1. The maximum Gasteiger partial charge on any atom is 0.410 e. The number of rotatable bonds is 2. The predicted molar refractivity (Wildman–Crippen MR) is 106 cm³/mol. The van der Waals surface area contributed by atoms with Gasteiger partial charge in [-0.25, -0.2) is 9.18 Å². The van der Waals surface area contributed by atoms with E-state index in [0.29, 0.717) is 11.1 Å². The quantitative estimate of drug-likeness (QED) is 0.773. The topological polar surface area (TPSA) is 66.8 Å². The maximum absolute atomic E-state index is 13.4. The molecule has 0 aliphatic carbocycles. The van der Waals surface area contributed by atoms with Crippen LogP contribution in [0.25, 0.3) is 5.57 Å². The molecule has 0 aromatic heterocycles. The second-order valence-electron chi connectivity index (χ2n) is 9.53. The van der Waals surface area contributed by atoms with E-state index in [2.05, 4.69) is 0 Å². The number of hydrogen-bond donors (Lipinski definition) is 1. The second kappa shape index (κ2) is 7.22. The van der Waals surface area contributed by atoms with Crippen LogP contribution in [0.3, 0.4) is 0 Å². The van der Waals surface area contributed by atoms with E-state index in [1.165, 1.54) is 17.0 Å². The zero-order valence-electron chi connectivity index (χ0n) is 17.7. The van der Waals surface area contributed by atoms with Crippen LogP contribution in [0, 0.1) is 16.6 Å². The van der Waals surface area contributed by atoms with Gasteiger partial charge < -0.3 is 9.84 Å². The molecular weight excluding hydrogens is 361 g/mol. The van der Waals surface area contributed by atoms with E-state index in [9.17, 15) is 19.1 Å². The largest absolute Gasteiger partial charge is 0.481 e. The summed E-state index contributed by atoms with van der Waals surface area (Å²) in [6, 6.07) is 5.10. The third-order valence-electron chi connectivity index (χ3n) is 4.96. The number of carboxylic acids is 1. The highest BCUT2D eigenvalue weighted by molar-refractivity contribution is 5.94. The highest BCUT2D eigenvalue weighted by Crippen LogP contribution is 2.49. The molecule has 0 saturated heterocycles. The van der Waals surface area contributed by atoms with E-state index in [1.807, 2.05) is 20.8 Å². The molecule has 154 valence electrons. The third kappa shape index (κ3) is 4.21. The molecule has 1 amide bonds. The number of benzene rings is 1. The first-order valence-electron chi connectivity index (χ1n) is 9.37. The monoisotopic (exact) mass is 391 g/mol. The minimum atomic E-state index is -1.40. The molecule has 0 radical (unpaired) electrons. The van der Waals surface area contributed by atoms with Crippen LogP contribution in [0.5, 0.6) is 0 Å². The molecular formula is C22H30FNO4. The fourth-order valence-electron chi connectivity index (χ4n) is 4.08. The van der Waals surface area contributed by atoms with Crippen molar-refractivity contribution in [3.8, 4) is 0 Å². The van der Waals surface area contributed by atoms with Crippen molar-refractivity contribution in [2.45, 2.75) is 60.1 Å². The van der Waals surface area contributed by atoms with Crippen molar-refractivity contribution in [1.82, 2.24) is 4.90 Å². The molecule has 6 heteroatoms. The number of ether oxygens (including phenoxy) is 1. The van der Waals surface area contributed by atoms with Gasteiger partial charge in [-0.3, -0.25) is 9.69 Å². The van der Waals surface area contributed by atoms with Crippen LogP contribution in [-0.2, 0) is 9.53 Å². The van der Waals surface area contributed by atoms with Crippen molar-refractivity contribution in [1.29, 1.82) is 0 Å². The van der Waals surface area contributed by atoms with Crippen LogP contribution in [0.15, 0.2) is 30.3 Å². The van der Waals surface area contributed by atoms with Crippen molar-refractivity contribution >= 4 is 17.6 Å². The van der Waals surface area contributed by atoms with Gasteiger partial charge in [0.2, 0.25) is 0 Å². The summed E-state index contributed by atoms with van der Waals surface area (Å²) in [6.07, 6.45) is 1.18. The Morgan fingerprint density at radius 3 is 2.11 bits per heavy atom. The summed E-state index contributed by atoms with van der Waals surface area (Å²) in [7, 11) is 0. The van der Waals surface area contributed by atoms with Gasteiger partial charge in [-0.15, -0.1) is 0 Å². The normalized spacial score (nSPS) is 23.2. The van der Waals surface area contributed by atoms with Gasteiger partial charge in [-0.1, -0.05) is 39.0 Å². The first-order valence-corrected chi connectivity index (χ1v) is 9.37. The minimum Gasteiger partial charge on any atom is -0.481 e. The van der Waals surface area contributed by atoms with E-state index in [4.69, 9.17) is 4.74 Å². The predicted octanol–water partition coefficient (Wildman–Crippen LogP) is 4.97. The molecule has 1 aromatic rings. The van der Waals surface area contributed by atoms with E-state index >= 15 is 0 Å². The van der Waals surface area contributed by atoms with Gasteiger partial charge in [-0.05, 0) is 56.4 Å². The first kappa shape index (κ1) is 21.9. The molecule has 0 saturated carbocycles. The molecule has 1 heterocycles. The van der Waals surface area contributed by atoms with Crippen molar-refractivity contribution < 1.29 is 23.8 Å². The number of nitrogens with zero attached hydrogens (tertiary/aromatic N) is 1. The van der Waals surface area contributed by atoms with E-state index < -0.39 is 34.5 Å². The van der Waals surface area contributed by atoms with Gasteiger partial charge >= 0.3 is 12.1 Å². The third-order valence-corrected chi connectivity index (χ3v) is 4.96. The number of halogens is 1. The lowest BCUT2D eigenvalue weighted by molar-refractivity contribution is -0.150. The Morgan fingerprint density at radius 1 is 1.14 bits per heavy atom. The molecule has 5 nitrogen and oxygen atoms in total. The van der Waals surface area contributed by atoms with Crippen LogP contribution in [0.4, 0.5) is 9.18 Å². The Hall–Kier alpha value is -2.37. The fourth-order valence-corrected chi connectivity index (χ4v) is 4.08. The summed E-state index contributed by atoms with van der Waals surface area (Å²) in [5.41, 5.74) is -1.45. The first-order chi connectivity index (χ1) is 12.7. The van der Waals surface area contributed by atoms with Gasteiger partial charge in [0.15, 0.2) is 0 Å². The molecule has 1 aliphatic heterocycles. The molecule has 1 aromatic carbocycles. The average molecular weight is 391 g/mol. The molecule has 2 unspecified atom stereocenters. The standard InChI is InChI=1S/C22H30FNO4/c1-20(2,3)17-22(7,18(25)26)16(14-8-10-15(23)11-9-14)12-13-24(17)19(27)28-21(4,5)6/h8-12,17H,13H2,1-7H3,(H,25,26). The van der Waals surface area contributed by atoms with Gasteiger partial charge in [-0.2, -0.15) is 0 Å². The van der Waals surface area contributed by atoms with Crippen molar-refractivity contribution in [3.05, 3.63) is 41.7 Å². The van der Waals surface area contributed by atoms with Gasteiger partial charge in [0, 0.05) is 6.54 Å². The lowest BCUT2D eigenvalue weighted by Gasteiger charge is -2.51. The second-order valence-corrected chi connectivity index (χ2v) is 9.53. The van der Waals surface area contributed by atoms with Crippen molar-refractivity contribution in [2.75, 3.05) is 6.54 Å². The van der Waals surface area contributed by atoms with Crippen LogP contribution in [-0.4, -0.2) is 40.3 Å². The Morgan fingerprint density at radius 2 is 1.68 bits per heavy atom. The summed E-state index contributed by atoms with van der Waals surface area (Å²) in [5.74, 6) is -1.43. The lowest BCUT2D eigenvalue weighted by Crippen LogP contribution is -2.61. The molecule has 2 rings (SSSR count). The molecule has 0 fully saturated rings. The summed E-state index contributed by atoms with van der Waals surface area (Å²) < 4.78 is 18.9. The van der Waals surface area contributed by atoms with Gasteiger partial charge in [0.25, 0.3) is 0 Å². The number of carboxylic acid groups (broad SMARTS) is 1. The molecule has 28 heavy (non-hydrogen) atoms. The van der Waals surface area contributed by atoms with Crippen LogP contribution < -0.4 is 0 Å². The Bertz CT molecular complexity index is 786. The van der Waals surface area contributed by atoms with Gasteiger partial charge in [0.05, 0.1) is 6.04 Å². The summed E-state index contributed by atoms with van der Waals surface area (Å²) in [5, 5.41) is 10.3. The van der Waals surface area contributed by atoms with E-state index in [1.54, 1.807) is 45.9 Å². The zero-order chi connectivity index (χ0) is 21.5. The van der Waals surface area contributed by atoms with Crippen molar-refractivity contribution in [3.63, 3.8) is 0 Å². The van der Waals surface area contributed by atoms with E-state index in [0.717, 1.165) is 0 Å². The average Bonchev–Trinajstić information content (AvgIpc) is 2.52. The van der Waals surface area contributed by atoms with Crippen LogP contribution in [0.1, 0.15) is 54.0 Å². The molecule has 0 spiro atoms. The summed E-state index contributed by atoms with van der Waals surface area (Å²) in [6.45, 7) is 12.9. The lowest BCUT2D eigenvalue weighted by atomic mass is 9.62. The molecule has 2 atom stereocenters. The van der Waals surface area contributed by atoms with Crippen LogP contribution >= 0.6 is 0 Å². The van der Waals surface area contributed by atoms with E-state index in [-0.39, 0.29) is 12.4 Å². The number of hydrogen-bond acceptors (Lipinski definition) is 3. The Kier molecular flexibility index (Phi) is 5.66. The smallest absolute Gasteiger partial charge is 0.410 e.